The lowest BCUT2D eigenvalue weighted by Crippen LogP contribution is -2.12. The summed E-state index contributed by atoms with van der Waals surface area (Å²) >= 11 is 4.16. The molecule has 3 nitrogen and oxygen atoms in total. The van der Waals surface area contributed by atoms with Crippen molar-refractivity contribution in [2.24, 2.45) is 5.14 Å². The van der Waals surface area contributed by atoms with Crippen LogP contribution in [-0.4, -0.2) is 4.55 Å². The lowest BCUT2D eigenvalue weighted by molar-refractivity contribution is 0.597. The van der Waals surface area contributed by atoms with Crippen LogP contribution in [0.3, 0.4) is 0 Å². The second-order valence-electron chi connectivity index (χ2n) is 1.98. The molecule has 0 amide bonds. The molecular formula is C6H7ClN2OS. The number of nitrogens with two attached hydrogens (primary N) is 2. The molecule has 60 valence electrons. The van der Waals surface area contributed by atoms with Gasteiger partial charge in [0.05, 0.1) is 22.1 Å². The highest BCUT2D eigenvalue weighted by molar-refractivity contribution is 7.89. The van der Waals surface area contributed by atoms with Gasteiger partial charge in [-0.1, -0.05) is 11.6 Å². The third kappa shape index (κ3) is 2.00. The van der Waals surface area contributed by atoms with Crippen LogP contribution in [-0.2, 0) is 11.4 Å². The summed E-state index contributed by atoms with van der Waals surface area (Å²) in [7, 11) is 0. The van der Waals surface area contributed by atoms with Crippen molar-refractivity contribution in [2.75, 3.05) is 5.73 Å². The largest absolute Gasteiger partial charge is 0.593 e. The zero-order valence-corrected chi connectivity index (χ0v) is 7.15. The van der Waals surface area contributed by atoms with E-state index in [1.54, 1.807) is 12.1 Å². The number of nitrogen functional groups attached to an aromatic ring is 1. The van der Waals surface area contributed by atoms with E-state index in [2.05, 4.69) is 0 Å². The number of hydrogen-bond acceptors (Lipinski definition) is 3. The molecule has 0 aliphatic rings. The van der Waals surface area contributed by atoms with Crippen LogP contribution >= 0.6 is 11.6 Å². The average Bonchev–Trinajstić information content (AvgIpc) is 1.94. The third-order valence-electron chi connectivity index (χ3n) is 1.20. The van der Waals surface area contributed by atoms with Gasteiger partial charge in [-0.15, -0.1) is 5.14 Å². The minimum absolute atomic E-state index is 0.376. The molecular weight excluding hydrogens is 184 g/mol. The van der Waals surface area contributed by atoms with Crippen molar-refractivity contribution in [3.8, 4) is 0 Å². The molecule has 0 bridgehead atoms. The van der Waals surface area contributed by atoms with E-state index in [-0.39, 0.29) is 0 Å². The van der Waals surface area contributed by atoms with E-state index in [1.807, 2.05) is 0 Å². The molecule has 0 aliphatic heterocycles. The second-order valence-corrected chi connectivity index (χ2v) is 3.45. The summed E-state index contributed by atoms with van der Waals surface area (Å²) in [5.41, 5.74) is 5.88. The highest BCUT2D eigenvalue weighted by Gasteiger charge is 2.06. The molecule has 5 heteroatoms. The standard InChI is InChI=1S/C6H7ClN2OS/c7-5-3-4(11(9)10)1-2-6(5)8/h1-3H,8-9H2/t11-/m1/s1. The minimum Gasteiger partial charge on any atom is -0.593 e. The average molecular weight is 191 g/mol. The van der Waals surface area contributed by atoms with Gasteiger partial charge in [0, 0.05) is 6.07 Å². The Balaban J connectivity index is 3.05. The molecule has 0 unspecified atom stereocenters. The Bertz CT molecular complexity index is 267. The number of benzene rings is 1. The molecule has 0 spiro atoms. The van der Waals surface area contributed by atoms with E-state index in [0.717, 1.165) is 0 Å². The molecule has 1 rings (SSSR count). The summed E-state index contributed by atoms with van der Waals surface area (Å²) in [5, 5.41) is 5.48. The molecule has 4 N–H and O–H groups in total. The Morgan fingerprint density at radius 3 is 2.55 bits per heavy atom. The predicted octanol–water partition coefficient (Wildman–Crippen LogP) is 0.903. The predicted molar refractivity (Wildman–Crippen MR) is 46.5 cm³/mol. The Hall–Kier alpha value is -0.420. The first-order valence-corrected chi connectivity index (χ1v) is 4.41. The summed E-state index contributed by atoms with van der Waals surface area (Å²) in [4.78, 5) is 0.476. The molecule has 1 aromatic carbocycles. The molecule has 1 atom stereocenters. The summed E-state index contributed by atoms with van der Waals surface area (Å²) in [6.07, 6.45) is 0. The van der Waals surface area contributed by atoms with Gasteiger partial charge in [-0.05, 0) is 12.1 Å². The SMILES string of the molecule is Nc1ccc([S@+](N)[O-])cc1Cl. The molecule has 0 heterocycles. The van der Waals surface area contributed by atoms with Gasteiger partial charge >= 0.3 is 0 Å². The molecule has 0 aliphatic carbocycles. The van der Waals surface area contributed by atoms with Crippen LogP contribution in [0.5, 0.6) is 0 Å². The quantitative estimate of drug-likeness (QED) is 0.511. The smallest absolute Gasteiger partial charge is 0.175 e. The highest BCUT2D eigenvalue weighted by atomic mass is 35.5. The van der Waals surface area contributed by atoms with E-state index in [4.69, 9.17) is 22.5 Å². The molecule has 0 saturated carbocycles. The highest BCUT2D eigenvalue weighted by Crippen LogP contribution is 2.21. The Morgan fingerprint density at radius 1 is 1.45 bits per heavy atom. The topological polar surface area (TPSA) is 75.1 Å². The van der Waals surface area contributed by atoms with Crippen molar-refractivity contribution in [3.63, 3.8) is 0 Å². The number of halogens is 1. The Kier molecular flexibility index (Phi) is 2.62. The summed E-state index contributed by atoms with van der Waals surface area (Å²) in [5.74, 6) is 0. The van der Waals surface area contributed by atoms with Gasteiger partial charge < -0.3 is 10.3 Å². The van der Waals surface area contributed by atoms with Crippen molar-refractivity contribution in [3.05, 3.63) is 23.2 Å². The van der Waals surface area contributed by atoms with Crippen LogP contribution < -0.4 is 10.9 Å². The maximum absolute atomic E-state index is 10.7. The normalized spacial score (nSPS) is 13.0. The first-order chi connectivity index (χ1) is 5.11. The lowest BCUT2D eigenvalue weighted by Gasteiger charge is -2.03. The van der Waals surface area contributed by atoms with Crippen LogP contribution in [0.25, 0.3) is 0 Å². The van der Waals surface area contributed by atoms with Crippen LogP contribution in [0.4, 0.5) is 5.69 Å². The van der Waals surface area contributed by atoms with E-state index in [0.29, 0.717) is 15.6 Å². The van der Waals surface area contributed by atoms with Gasteiger partial charge in [-0.25, -0.2) is 0 Å². The Labute approximate surface area is 72.6 Å². The molecule has 0 radical (unpaired) electrons. The maximum Gasteiger partial charge on any atom is 0.175 e. The lowest BCUT2D eigenvalue weighted by atomic mass is 10.3. The van der Waals surface area contributed by atoms with Crippen molar-refractivity contribution in [1.29, 1.82) is 0 Å². The fourth-order valence-electron chi connectivity index (χ4n) is 0.633. The van der Waals surface area contributed by atoms with Gasteiger partial charge in [-0.2, -0.15) is 0 Å². The summed E-state index contributed by atoms with van der Waals surface area (Å²) < 4.78 is 10.7. The van der Waals surface area contributed by atoms with Crippen LogP contribution in [0.2, 0.25) is 5.02 Å². The molecule has 0 saturated heterocycles. The van der Waals surface area contributed by atoms with Crippen molar-refractivity contribution < 1.29 is 4.55 Å². The summed E-state index contributed by atoms with van der Waals surface area (Å²) in [6, 6.07) is 4.65. The maximum atomic E-state index is 10.7. The van der Waals surface area contributed by atoms with Gasteiger partial charge in [0.1, 0.15) is 0 Å². The van der Waals surface area contributed by atoms with E-state index in [9.17, 15) is 4.55 Å². The van der Waals surface area contributed by atoms with Gasteiger partial charge in [0.15, 0.2) is 4.90 Å². The fraction of sp³-hybridized carbons (Fsp3) is 0. The fourth-order valence-corrected chi connectivity index (χ4v) is 1.31. The van der Waals surface area contributed by atoms with Gasteiger partial charge in [0.25, 0.3) is 0 Å². The number of rotatable bonds is 1. The van der Waals surface area contributed by atoms with Gasteiger partial charge in [0.2, 0.25) is 0 Å². The van der Waals surface area contributed by atoms with Crippen molar-refractivity contribution in [1.82, 2.24) is 0 Å². The first-order valence-electron chi connectivity index (χ1n) is 2.82. The van der Waals surface area contributed by atoms with Crippen LogP contribution in [0, 0.1) is 0 Å². The zero-order valence-electron chi connectivity index (χ0n) is 5.58. The Morgan fingerprint density at radius 2 is 2.09 bits per heavy atom. The van der Waals surface area contributed by atoms with Crippen LogP contribution in [0.1, 0.15) is 0 Å². The van der Waals surface area contributed by atoms with Gasteiger partial charge in [-0.3, -0.25) is 0 Å². The zero-order chi connectivity index (χ0) is 8.43. The van der Waals surface area contributed by atoms with E-state index in [1.165, 1.54) is 6.07 Å². The molecule has 11 heavy (non-hydrogen) atoms. The van der Waals surface area contributed by atoms with Crippen molar-refractivity contribution >= 4 is 28.7 Å². The minimum atomic E-state index is -1.49. The van der Waals surface area contributed by atoms with E-state index < -0.39 is 11.4 Å². The first kappa shape index (κ1) is 8.67. The van der Waals surface area contributed by atoms with Crippen LogP contribution in [0.15, 0.2) is 23.1 Å². The van der Waals surface area contributed by atoms with Crippen molar-refractivity contribution in [2.45, 2.75) is 4.90 Å². The molecule has 1 aromatic rings. The molecule has 0 fully saturated rings. The second kappa shape index (κ2) is 3.32. The monoisotopic (exact) mass is 190 g/mol. The molecule has 0 aromatic heterocycles. The summed E-state index contributed by atoms with van der Waals surface area (Å²) in [6.45, 7) is 0. The van der Waals surface area contributed by atoms with E-state index >= 15 is 0 Å². The number of hydrogen-bond donors (Lipinski definition) is 2. The number of anilines is 1. The third-order valence-corrected chi connectivity index (χ3v) is 2.25.